The van der Waals surface area contributed by atoms with Gasteiger partial charge >= 0.3 is 0 Å². The number of nitrogens with one attached hydrogen (secondary N) is 2. The third-order valence-electron chi connectivity index (χ3n) is 5.13. The monoisotopic (exact) mass is 501 g/mol. The number of benzene rings is 4. The van der Waals surface area contributed by atoms with Crippen LogP contribution < -0.4 is 15.5 Å². The number of halogens is 1. The van der Waals surface area contributed by atoms with Crippen LogP contribution in [0.5, 0.6) is 5.75 Å². The molecule has 166 valence electrons. The molecular formula is C27H24BrN3O2. The first-order chi connectivity index (χ1) is 16.1. The number of para-hydroxylation sites is 1. The second-order valence-electron chi connectivity index (χ2n) is 7.62. The Morgan fingerprint density at radius 1 is 0.970 bits per heavy atom. The van der Waals surface area contributed by atoms with Gasteiger partial charge in [-0.1, -0.05) is 70.5 Å². The normalized spacial score (nSPS) is 11.9. The first-order valence-electron chi connectivity index (χ1n) is 10.6. The number of hydrogen-bond acceptors (Lipinski definition) is 4. The Hall–Kier alpha value is -3.64. The number of amides is 1. The molecule has 0 spiro atoms. The molecule has 5 nitrogen and oxygen atoms in total. The average Bonchev–Trinajstić information content (AvgIpc) is 2.84. The van der Waals surface area contributed by atoms with E-state index in [9.17, 15) is 4.79 Å². The number of anilines is 1. The van der Waals surface area contributed by atoms with Crippen molar-refractivity contribution in [3.8, 4) is 5.75 Å². The van der Waals surface area contributed by atoms with Crippen molar-refractivity contribution in [2.24, 2.45) is 5.10 Å². The molecule has 4 rings (SSSR count). The smallest absolute Gasteiger partial charge is 0.262 e. The second-order valence-corrected chi connectivity index (χ2v) is 8.53. The molecule has 0 aromatic heterocycles. The number of carbonyl (C=O) groups excluding carboxylic acids is 1. The zero-order valence-electron chi connectivity index (χ0n) is 18.2. The zero-order valence-corrected chi connectivity index (χ0v) is 19.7. The van der Waals surface area contributed by atoms with Crippen LogP contribution in [0, 0.1) is 0 Å². The molecule has 0 aliphatic rings. The molecule has 0 bridgehead atoms. The predicted octanol–water partition coefficient (Wildman–Crippen LogP) is 6.13. The van der Waals surface area contributed by atoms with Crippen LogP contribution in [0.2, 0.25) is 0 Å². The van der Waals surface area contributed by atoms with Gasteiger partial charge < -0.3 is 10.1 Å². The van der Waals surface area contributed by atoms with Crippen molar-refractivity contribution in [2.75, 3.05) is 5.32 Å². The Kier molecular flexibility index (Phi) is 7.37. The first kappa shape index (κ1) is 22.6. The van der Waals surface area contributed by atoms with Crippen molar-refractivity contribution < 1.29 is 9.53 Å². The Balaban J connectivity index is 1.34. The summed E-state index contributed by atoms with van der Waals surface area (Å²) in [6.45, 7) is 2.24. The van der Waals surface area contributed by atoms with Gasteiger partial charge in [0.25, 0.3) is 5.91 Å². The van der Waals surface area contributed by atoms with Gasteiger partial charge in [0.1, 0.15) is 18.4 Å². The molecule has 0 aliphatic heterocycles. The van der Waals surface area contributed by atoms with Crippen LogP contribution in [-0.4, -0.2) is 18.2 Å². The predicted molar refractivity (Wildman–Crippen MR) is 138 cm³/mol. The van der Waals surface area contributed by atoms with Crippen LogP contribution in [0.15, 0.2) is 101 Å². The van der Waals surface area contributed by atoms with E-state index in [2.05, 4.69) is 37.8 Å². The van der Waals surface area contributed by atoms with Crippen molar-refractivity contribution in [2.45, 2.75) is 19.6 Å². The lowest BCUT2D eigenvalue weighted by Gasteiger charge is -2.14. The number of fused-ring (bicyclic) bond motifs is 1. The van der Waals surface area contributed by atoms with Gasteiger partial charge in [0.15, 0.2) is 0 Å². The van der Waals surface area contributed by atoms with Crippen molar-refractivity contribution in [1.82, 2.24) is 5.43 Å². The van der Waals surface area contributed by atoms with Crippen LogP contribution in [0.3, 0.4) is 0 Å². The molecule has 0 fully saturated rings. The van der Waals surface area contributed by atoms with E-state index in [0.29, 0.717) is 12.4 Å². The van der Waals surface area contributed by atoms with Gasteiger partial charge in [-0.15, -0.1) is 0 Å². The molecule has 6 heteroatoms. The largest absolute Gasteiger partial charge is 0.488 e. The van der Waals surface area contributed by atoms with E-state index in [-0.39, 0.29) is 5.91 Å². The molecule has 0 saturated heterocycles. The summed E-state index contributed by atoms with van der Waals surface area (Å²) < 4.78 is 6.98. The number of nitrogens with zero attached hydrogens (tertiary/aromatic N) is 1. The maximum Gasteiger partial charge on any atom is 0.262 e. The minimum absolute atomic E-state index is 0.229. The summed E-state index contributed by atoms with van der Waals surface area (Å²) >= 11 is 3.43. The lowest BCUT2D eigenvalue weighted by molar-refractivity contribution is -0.121. The van der Waals surface area contributed by atoms with Gasteiger partial charge in [-0.2, -0.15) is 5.10 Å². The van der Waals surface area contributed by atoms with E-state index in [0.717, 1.165) is 32.1 Å². The molecule has 0 radical (unpaired) electrons. The summed E-state index contributed by atoms with van der Waals surface area (Å²) in [7, 11) is 0. The summed E-state index contributed by atoms with van der Waals surface area (Å²) in [6.07, 6.45) is 1.59. The van der Waals surface area contributed by atoms with Gasteiger partial charge in [-0.3, -0.25) is 4.79 Å². The number of ether oxygens (including phenoxy) is 1. The van der Waals surface area contributed by atoms with Crippen LogP contribution >= 0.6 is 15.9 Å². The summed E-state index contributed by atoms with van der Waals surface area (Å²) in [5.74, 6) is 0.466. The summed E-state index contributed by atoms with van der Waals surface area (Å²) in [5.41, 5.74) is 5.33. The maximum absolute atomic E-state index is 12.5. The van der Waals surface area contributed by atoms with Crippen LogP contribution in [0.25, 0.3) is 10.8 Å². The van der Waals surface area contributed by atoms with Crippen molar-refractivity contribution in [3.63, 3.8) is 0 Å². The van der Waals surface area contributed by atoms with Crippen LogP contribution in [0.4, 0.5) is 5.69 Å². The molecule has 4 aromatic carbocycles. The zero-order chi connectivity index (χ0) is 23.0. The molecule has 33 heavy (non-hydrogen) atoms. The van der Waals surface area contributed by atoms with Gasteiger partial charge in [0.2, 0.25) is 0 Å². The third kappa shape index (κ3) is 6.20. The van der Waals surface area contributed by atoms with E-state index >= 15 is 0 Å². The second kappa shape index (κ2) is 10.8. The lowest BCUT2D eigenvalue weighted by Crippen LogP contribution is -2.34. The van der Waals surface area contributed by atoms with Crippen LogP contribution in [0.1, 0.15) is 18.1 Å². The fourth-order valence-electron chi connectivity index (χ4n) is 3.32. The number of rotatable bonds is 8. The van der Waals surface area contributed by atoms with E-state index in [4.69, 9.17) is 4.74 Å². The van der Waals surface area contributed by atoms with E-state index < -0.39 is 6.04 Å². The summed E-state index contributed by atoms with van der Waals surface area (Å²) in [6, 6.07) is 29.2. The molecule has 1 amide bonds. The van der Waals surface area contributed by atoms with Gasteiger partial charge in [-0.05, 0) is 59.7 Å². The molecule has 1 atom stereocenters. The van der Waals surface area contributed by atoms with E-state index in [1.807, 2.05) is 84.9 Å². The Labute approximate surface area is 201 Å². The molecular weight excluding hydrogens is 478 g/mol. The van der Waals surface area contributed by atoms with Crippen molar-refractivity contribution >= 4 is 44.5 Å². The minimum Gasteiger partial charge on any atom is -0.488 e. The van der Waals surface area contributed by atoms with Crippen LogP contribution in [-0.2, 0) is 11.4 Å². The van der Waals surface area contributed by atoms with Crippen molar-refractivity contribution in [3.05, 3.63) is 107 Å². The molecule has 0 saturated carbocycles. The Morgan fingerprint density at radius 3 is 2.52 bits per heavy atom. The quantitative estimate of drug-likeness (QED) is 0.225. The molecule has 0 aliphatic carbocycles. The van der Waals surface area contributed by atoms with Gasteiger partial charge in [0, 0.05) is 15.7 Å². The fraction of sp³-hybridized carbons (Fsp3) is 0.111. The average molecular weight is 502 g/mol. The fourth-order valence-corrected chi connectivity index (χ4v) is 3.58. The molecule has 1 unspecified atom stereocenters. The SMILES string of the molecule is CC(Nc1ccc2ccccc2c1)C(=O)NN=Cc1ccccc1OCc1ccc(Br)cc1. The van der Waals surface area contributed by atoms with Gasteiger partial charge in [0.05, 0.1) is 6.21 Å². The molecule has 0 heterocycles. The standard InChI is InChI=1S/C27H24BrN3O2/c1-19(30-25-15-12-21-6-2-3-7-22(21)16-25)27(32)31-29-17-23-8-4-5-9-26(23)33-18-20-10-13-24(28)14-11-20/h2-17,19,30H,18H2,1H3,(H,31,32). The summed E-state index contributed by atoms with van der Waals surface area (Å²) in [4.78, 5) is 12.5. The highest BCUT2D eigenvalue weighted by molar-refractivity contribution is 9.10. The molecule has 4 aromatic rings. The summed E-state index contributed by atoms with van der Waals surface area (Å²) in [5, 5.41) is 9.63. The van der Waals surface area contributed by atoms with E-state index in [1.54, 1.807) is 13.1 Å². The number of carbonyl (C=O) groups is 1. The first-order valence-corrected chi connectivity index (χ1v) is 11.4. The topological polar surface area (TPSA) is 62.7 Å². The number of hydrogen-bond donors (Lipinski definition) is 2. The maximum atomic E-state index is 12.5. The number of hydrazone groups is 1. The minimum atomic E-state index is -0.452. The van der Waals surface area contributed by atoms with E-state index in [1.165, 1.54) is 0 Å². The van der Waals surface area contributed by atoms with Gasteiger partial charge in [-0.25, -0.2) is 5.43 Å². The highest BCUT2D eigenvalue weighted by atomic mass is 79.9. The van der Waals surface area contributed by atoms with Crippen molar-refractivity contribution in [1.29, 1.82) is 0 Å². The Bertz CT molecular complexity index is 1270. The highest BCUT2D eigenvalue weighted by Crippen LogP contribution is 2.20. The lowest BCUT2D eigenvalue weighted by atomic mass is 10.1. The Morgan fingerprint density at radius 2 is 1.70 bits per heavy atom. The highest BCUT2D eigenvalue weighted by Gasteiger charge is 2.12. The molecule has 2 N–H and O–H groups in total. The third-order valence-corrected chi connectivity index (χ3v) is 5.66.